The summed E-state index contributed by atoms with van der Waals surface area (Å²) in [5, 5.41) is 0. The number of carbonyl (C=O) groups is 1. The molecule has 0 saturated carbocycles. The third-order valence-corrected chi connectivity index (χ3v) is 8.04. The molecule has 1 amide bonds. The Labute approximate surface area is 88.5 Å². The summed E-state index contributed by atoms with van der Waals surface area (Å²) in [5.41, 5.74) is 2.74. The molecule has 0 atom stereocenters. The summed E-state index contributed by atoms with van der Waals surface area (Å²) in [4.78, 5) is 18.2. The van der Waals surface area contributed by atoms with Gasteiger partial charge in [-0.25, -0.2) is 0 Å². The molecule has 0 unspecified atom stereocenters. The summed E-state index contributed by atoms with van der Waals surface area (Å²) >= 11 is -1.97. The van der Waals surface area contributed by atoms with E-state index >= 15 is 0 Å². The number of hydrogen-bond acceptors (Lipinski definition) is 2. The van der Waals surface area contributed by atoms with Gasteiger partial charge in [-0.3, -0.25) is 0 Å². The van der Waals surface area contributed by atoms with E-state index in [-0.39, 0.29) is 5.91 Å². The maximum absolute atomic E-state index is 11.2. The van der Waals surface area contributed by atoms with E-state index in [0.717, 1.165) is 0 Å². The van der Waals surface area contributed by atoms with Gasteiger partial charge in [-0.15, -0.1) is 0 Å². The van der Waals surface area contributed by atoms with Crippen molar-refractivity contribution in [2.24, 2.45) is 5.84 Å². The van der Waals surface area contributed by atoms with Gasteiger partial charge in [0.25, 0.3) is 0 Å². The second-order valence-corrected chi connectivity index (χ2v) is 18.8. The molecule has 4 heteroatoms. The van der Waals surface area contributed by atoms with Gasteiger partial charge in [-0.05, 0) is 0 Å². The number of hydrogen-bond donors (Lipinski definition) is 2. The zero-order valence-corrected chi connectivity index (χ0v) is 11.6. The molecule has 1 rings (SSSR count). The number of benzene rings is 1. The molecule has 1 aromatic rings. The Morgan fingerprint density at radius 2 is 1.71 bits per heavy atom. The number of nitrogen functional groups attached to an aromatic ring is 1. The Morgan fingerprint density at radius 3 is 2.07 bits per heavy atom. The van der Waals surface area contributed by atoms with Gasteiger partial charge >= 0.3 is 88.6 Å². The normalized spacial score (nSPS) is 11.1. The van der Waals surface area contributed by atoms with E-state index in [1.165, 1.54) is 3.58 Å². The van der Waals surface area contributed by atoms with Crippen molar-refractivity contribution in [1.82, 2.24) is 5.43 Å². The van der Waals surface area contributed by atoms with Crippen molar-refractivity contribution in [3.8, 4) is 0 Å². The van der Waals surface area contributed by atoms with E-state index in [9.17, 15) is 4.79 Å². The first-order valence-electron chi connectivity index (χ1n) is 4.56. The predicted molar refractivity (Wildman–Crippen MR) is 61.1 cm³/mol. The first-order valence-corrected chi connectivity index (χ1v) is 14.6. The van der Waals surface area contributed by atoms with Crippen molar-refractivity contribution in [3.05, 3.63) is 29.8 Å². The van der Waals surface area contributed by atoms with Crippen LogP contribution in [-0.2, 0) is 0 Å². The van der Waals surface area contributed by atoms with E-state index in [4.69, 9.17) is 5.84 Å². The van der Waals surface area contributed by atoms with Crippen LogP contribution in [0.25, 0.3) is 0 Å². The van der Waals surface area contributed by atoms with Crippen LogP contribution >= 0.6 is 0 Å². The van der Waals surface area contributed by atoms with E-state index in [1.807, 2.05) is 24.3 Å². The molecular weight excluding hydrogens is 283 g/mol. The molecule has 14 heavy (non-hydrogen) atoms. The quantitative estimate of drug-likeness (QED) is 0.368. The van der Waals surface area contributed by atoms with E-state index in [1.54, 1.807) is 0 Å². The van der Waals surface area contributed by atoms with Crippen molar-refractivity contribution < 1.29 is 4.79 Å². The van der Waals surface area contributed by atoms with Gasteiger partial charge in [-0.2, -0.15) is 0 Å². The topological polar surface area (TPSA) is 55.1 Å². The van der Waals surface area contributed by atoms with Crippen LogP contribution in [0.2, 0.25) is 14.8 Å². The van der Waals surface area contributed by atoms with Gasteiger partial charge in [0.05, 0.1) is 0 Å². The maximum atomic E-state index is 11.2. The first kappa shape index (κ1) is 11.5. The second-order valence-electron chi connectivity index (χ2n) is 4.30. The molecule has 0 aromatic heterocycles. The molecule has 1 aromatic carbocycles. The standard InChI is InChI=1S/C7H7N2O.3CH3.Sn/c8-9-7(10)6-4-2-1-3-5-6;;;;/h2-5H,8H2,(H,9,10);3*1H3;. The summed E-state index contributed by atoms with van der Waals surface area (Å²) in [5.74, 6) is 4.81. The monoisotopic (exact) mass is 300 g/mol. The van der Waals surface area contributed by atoms with Gasteiger partial charge in [0, 0.05) is 0 Å². The van der Waals surface area contributed by atoms with Crippen LogP contribution in [-0.4, -0.2) is 24.3 Å². The van der Waals surface area contributed by atoms with Crippen molar-refractivity contribution in [3.63, 3.8) is 0 Å². The first-order chi connectivity index (χ1) is 6.45. The van der Waals surface area contributed by atoms with E-state index in [0.29, 0.717) is 5.56 Å². The number of carbonyl (C=O) groups excluding carboxylic acids is 1. The Balaban J connectivity index is 2.95. The minimum atomic E-state index is -1.97. The number of amides is 1. The average molecular weight is 299 g/mol. The minimum absolute atomic E-state index is 0.236. The van der Waals surface area contributed by atoms with Crippen LogP contribution in [0.4, 0.5) is 0 Å². The molecule has 0 fully saturated rings. The Morgan fingerprint density at radius 1 is 1.21 bits per heavy atom. The van der Waals surface area contributed by atoms with Crippen LogP contribution in [0.1, 0.15) is 10.4 Å². The van der Waals surface area contributed by atoms with Crippen LogP contribution in [0.3, 0.4) is 0 Å². The van der Waals surface area contributed by atoms with Gasteiger partial charge in [-0.1, -0.05) is 0 Å². The Hall–Kier alpha value is -0.551. The van der Waals surface area contributed by atoms with Crippen molar-refractivity contribution in [1.29, 1.82) is 0 Å². The third kappa shape index (κ3) is 2.72. The molecule has 0 aliphatic carbocycles. The Bertz CT molecular complexity index is 327. The number of nitrogens with two attached hydrogens (primary N) is 1. The average Bonchev–Trinajstić information content (AvgIpc) is 2.15. The summed E-state index contributed by atoms with van der Waals surface area (Å²) in [6.07, 6.45) is 0. The summed E-state index contributed by atoms with van der Waals surface area (Å²) in [6, 6.07) is 7.75. The van der Waals surface area contributed by atoms with Crippen LogP contribution in [0, 0.1) is 0 Å². The molecule has 76 valence electrons. The second kappa shape index (κ2) is 4.31. The fourth-order valence-electron chi connectivity index (χ4n) is 1.20. The predicted octanol–water partition coefficient (Wildman–Crippen LogP) is 0.835. The number of nitrogens with one attached hydrogen (secondary N) is 1. The fourth-order valence-corrected chi connectivity index (χ4v) is 4.53. The van der Waals surface area contributed by atoms with Gasteiger partial charge in [0.15, 0.2) is 0 Å². The van der Waals surface area contributed by atoms with E-state index < -0.39 is 18.4 Å². The molecule has 0 heterocycles. The molecule has 0 radical (unpaired) electrons. The van der Waals surface area contributed by atoms with Crippen LogP contribution < -0.4 is 14.8 Å². The zero-order chi connectivity index (χ0) is 10.8. The van der Waals surface area contributed by atoms with Crippen molar-refractivity contribution >= 4 is 27.9 Å². The van der Waals surface area contributed by atoms with E-state index in [2.05, 4.69) is 20.2 Å². The molecule has 0 spiro atoms. The SMILES string of the molecule is [CH3][Sn]([CH3])([CH3])[c]1ccc(C(=O)NN)cc1. The van der Waals surface area contributed by atoms with Gasteiger partial charge < -0.3 is 0 Å². The number of rotatable bonds is 2. The molecule has 0 aliphatic heterocycles. The molecule has 0 aliphatic rings. The summed E-state index contributed by atoms with van der Waals surface area (Å²) in [6.45, 7) is 0. The molecule has 3 nitrogen and oxygen atoms in total. The Kier molecular flexibility index (Phi) is 3.55. The van der Waals surface area contributed by atoms with Gasteiger partial charge in [0.1, 0.15) is 0 Å². The number of hydrazine groups is 1. The molecular formula is C10H16N2OSn. The summed E-state index contributed by atoms with van der Waals surface area (Å²) < 4.78 is 1.41. The fraction of sp³-hybridized carbons (Fsp3) is 0.300. The van der Waals surface area contributed by atoms with Crippen LogP contribution in [0.5, 0.6) is 0 Å². The molecule has 0 bridgehead atoms. The zero-order valence-electron chi connectivity index (χ0n) is 8.79. The van der Waals surface area contributed by atoms with Crippen LogP contribution in [0.15, 0.2) is 24.3 Å². The van der Waals surface area contributed by atoms with Gasteiger partial charge in [0.2, 0.25) is 0 Å². The molecule has 3 N–H and O–H groups in total. The molecule has 0 saturated heterocycles. The third-order valence-electron chi connectivity index (χ3n) is 2.14. The van der Waals surface area contributed by atoms with Crippen molar-refractivity contribution in [2.45, 2.75) is 14.8 Å². The van der Waals surface area contributed by atoms with Crippen molar-refractivity contribution in [2.75, 3.05) is 0 Å². The summed E-state index contributed by atoms with van der Waals surface area (Å²) in [7, 11) is 0.